The van der Waals surface area contributed by atoms with Gasteiger partial charge in [-0.15, -0.1) is 11.6 Å². The molecule has 1 aliphatic carbocycles. The zero-order chi connectivity index (χ0) is 17.0. The van der Waals surface area contributed by atoms with Crippen molar-refractivity contribution in [1.82, 2.24) is 4.31 Å². The minimum Gasteiger partial charge on any atom is -0.298 e. The van der Waals surface area contributed by atoms with Crippen molar-refractivity contribution in [2.75, 3.05) is 13.1 Å². The lowest BCUT2D eigenvalue weighted by Crippen LogP contribution is -2.60. The molecule has 3 unspecified atom stereocenters. The summed E-state index contributed by atoms with van der Waals surface area (Å²) in [5, 5.41) is -0.619. The molecular weight excluding hydrogens is 334 g/mol. The molecule has 1 heterocycles. The summed E-state index contributed by atoms with van der Waals surface area (Å²) in [7, 11) is -3.57. The number of ketones is 1. The van der Waals surface area contributed by atoms with Crippen molar-refractivity contribution in [3.8, 4) is 0 Å². The zero-order valence-electron chi connectivity index (χ0n) is 13.7. The third-order valence-corrected chi connectivity index (χ3v) is 7.66. The van der Waals surface area contributed by atoms with Crippen LogP contribution in [0.25, 0.3) is 0 Å². The molecule has 1 saturated heterocycles. The zero-order valence-corrected chi connectivity index (χ0v) is 15.2. The molecule has 4 nitrogen and oxygen atoms in total. The lowest BCUT2D eigenvalue weighted by Gasteiger charge is -2.54. The molecule has 3 atom stereocenters. The summed E-state index contributed by atoms with van der Waals surface area (Å²) in [6, 6.07) is 6.88. The Kier molecular flexibility index (Phi) is 3.90. The summed E-state index contributed by atoms with van der Waals surface area (Å²) in [5.41, 5.74) is 0.166. The maximum atomic E-state index is 13.0. The van der Waals surface area contributed by atoms with E-state index in [1.165, 1.54) is 4.31 Å². The summed E-state index contributed by atoms with van der Waals surface area (Å²) < 4.78 is 27.5. The summed E-state index contributed by atoms with van der Waals surface area (Å²) in [5.74, 6) is 0.0373. The first kappa shape index (κ1) is 16.9. The fraction of sp³-hybridized carbons (Fsp3) is 0.588. The van der Waals surface area contributed by atoms with E-state index >= 15 is 0 Å². The van der Waals surface area contributed by atoms with Crippen LogP contribution in [0.1, 0.15) is 32.3 Å². The van der Waals surface area contributed by atoms with Gasteiger partial charge in [-0.3, -0.25) is 4.79 Å². The van der Waals surface area contributed by atoms with Gasteiger partial charge >= 0.3 is 0 Å². The van der Waals surface area contributed by atoms with Crippen LogP contribution in [0.15, 0.2) is 29.2 Å². The standard InChI is InChI=1S/C17H22ClNO3S/c1-12-4-6-13(7-5-12)23(21,22)19-10-16(2)8-14(20)15(18)17(3,9-16)11-19/h4-7,15H,8-11H2,1-3H3. The monoisotopic (exact) mass is 355 g/mol. The molecule has 1 saturated carbocycles. The van der Waals surface area contributed by atoms with E-state index in [1.54, 1.807) is 24.3 Å². The van der Waals surface area contributed by atoms with Crippen molar-refractivity contribution in [2.45, 2.75) is 43.9 Å². The quantitative estimate of drug-likeness (QED) is 0.766. The number of carbonyl (C=O) groups excluding carboxylic acids is 1. The van der Waals surface area contributed by atoms with E-state index in [0.29, 0.717) is 24.4 Å². The van der Waals surface area contributed by atoms with Gasteiger partial charge in [-0.25, -0.2) is 8.42 Å². The molecule has 1 aromatic rings. The lowest BCUT2D eigenvalue weighted by atomic mass is 9.60. The molecule has 0 aromatic heterocycles. The molecule has 0 radical (unpaired) electrons. The Hall–Kier alpha value is -0.910. The van der Waals surface area contributed by atoms with Crippen LogP contribution in [0, 0.1) is 17.8 Å². The Morgan fingerprint density at radius 2 is 1.78 bits per heavy atom. The highest BCUT2D eigenvalue weighted by Crippen LogP contribution is 2.52. The Labute approximate surface area is 142 Å². The number of nitrogens with zero attached hydrogens (tertiary/aromatic N) is 1. The Bertz CT molecular complexity index is 746. The third kappa shape index (κ3) is 2.83. The molecule has 0 amide bonds. The summed E-state index contributed by atoms with van der Waals surface area (Å²) in [4.78, 5) is 12.5. The molecule has 2 bridgehead atoms. The van der Waals surface area contributed by atoms with Crippen molar-refractivity contribution < 1.29 is 13.2 Å². The van der Waals surface area contributed by atoms with Crippen LogP contribution in [0.2, 0.25) is 0 Å². The Morgan fingerprint density at radius 1 is 1.17 bits per heavy atom. The van der Waals surface area contributed by atoms with Gasteiger partial charge in [0.2, 0.25) is 10.0 Å². The van der Waals surface area contributed by atoms with Crippen LogP contribution < -0.4 is 0 Å². The van der Waals surface area contributed by atoms with Gasteiger partial charge in [0.1, 0.15) is 0 Å². The normalized spacial score (nSPS) is 35.3. The lowest BCUT2D eigenvalue weighted by molar-refractivity contribution is -0.131. The number of hydrogen-bond donors (Lipinski definition) is 0. The van der Waals surface area contributed by atoms with E-state index < -0.39 is 20.8 Å². The number of Topliss-reactive ketones (excluding diaryl/α,β-unsaturated/α-hetero) is 1. The number of halogens is 1. The maximum absolute atomic E-state index is 13.0. The predicted molar refractivity (Wildman–Crippen MR) is 90.0 cm³/mol. The first-order valence-corrected chi connectivity index (χ1v) is 9.67. The first-order valence-electron chi connectivity index (χ1n) is 7.79. The number of rotatable bonds is 2. The number of sulfonamides is 1. The van der Waals surface area contributed by atoms with Crippen molar-refractivity contribution >= 4 is 27.4 Å². The number of alkyl halides is 1. The minimum atomic E-state index is -3.57. The molecule has 3 rings (SSSR count). The van der Waals surface area contributed by atoms with E-state index in [4.69, 9.17) is 11.6 Å². The van der Waals surface area contributed by atoms with Gasteiger partial charge in [0.15, 0.2) is 5.78 Å². The Morgan fingerprint density at radius 3 is 2.39 bits per heavy atom. The summed E-state index contributed by atoms with van der Waals surface area (Å²) in [6.45, 7) is 6.50. The number of fused-ring (bicyclic) bond motifs is 2. The molecule has 6 heteroatoms. The second-order valence-electron chi connectivity index (χ2n) is 7.73. The van der Waals surface area contributed by atoms with Crippen molar-refractivity contribution in [1.29, 1.82) is 0 Å². The molecule has 0 N–H and O–H groups in total. The second-order valence-corrected chi connectivity index (χ2v) is 10.1. The molecule has 2 aliphatic rings. The number of carbonyl (C=O) groups is 1. The number of benzene rings is 1. The number of piperidine rings is 1. The predicted octanol–water partition coefficient (Wildman–Crippen LogP) is 2.98. The van der Waals surface area contributed by atoms with Gasteiger partial charge in [0.25, 0.3) is 0 Å². The Balaban J connectivity index is 1.98. The fourth-order valence-electron chi connectivity index (χ4n) is 4.19. The molecule has 0 spiro atoms. The SMILES string of the molecule is Cc1ccc(S(=O)(=O)N2CC3(C)CC(=O)C(Cl)C(C)(C2)C3)cc1. The summed E-state index contributed by atoms with van der Waals surface area (Å²) >= 11 is 6.35. The highest BCUT2D eigenvalue weighted by Gasteiger charge is 2.55. The highest BCUT2D eigenvalue weighted by atomic mass is 35.5. The van der Waals surface area contributed by atoms with Crippen LogP contribution in [-0.4, -0.2) is 37.0 Å². The molecule has 126 valence electrons. The van der Waals surface area contributed by atoms with Gasteiger partial charge in [-0.05, 0) is 30.9 Å². The van der Waals surface area contributed by atoms with E-state index in [-0.39, 0.29) is 11.2 Å². The van der Waals surface area contributed by atoms with Crippen LogP contribution in [0.3, 0.4) is 0 Å². The minimum absolute atomic E-state index is 0.0373. The van der Waals surface area contributed by atoms with E-state index in [2.05, 4.69) is 0 Å². The second kappa shape index (κ2) is 5.30. The number of aryl methyl sites for hydroxylation is 1. The number of hydrogen-bond acceptors (Lipinski definition) is 3. The van der Waals surface area contributed by atoms with E-state index in [0.717, 1.165) is 12.0 Å². The van der Waals surface area contributed by atoms with E-state index in [1.807, 2.05) is 20.8 Å². The van der Waals surface area contributed by atoms with Gasteiger partial charge < -0.3 is 0 Å². The average Bonchev–Trinajstić information content (AvgIpc) is 2.44. The molecule has 23 heavy (non-hydrogen) atoms. The van der Waals surface area contributed by atoms with Gasteiger partial charge in [0.05, 0.1) is 10.3 Å². The summed E-state index contributed by atoms with van der Waals surface area (Å²) in [6.07, 6.45) is 1.12. The third-order valence-electron chi connectivity index (χ3n) is 5.08. The van der Waals surface area contributed by atoms with Crippen LogP contribution >= 0.6 is 11.6 Å². The largest absolute Gasteiger partial charge is 0.298 e. The maximum Gasteiger partial charge on any atom is 0.243 e. The van der Waals surface area contributed by atoms with Gasteiger partial charge in [0, 0.05) is 24.9 Å². The van der Waals surface area contributed by atoms with Crippen LogP contribution in [0.4, 0.5) is 0 Å². The topological polar surface area (TPSA) is 54.5 Å². The molecule has 1 aliphatic heterocycles. The molecule has 2 fully saturated rings. The smallest absolute Gasteiger partial charge is 0.243 e. The molecule has 1 aromatic carbocycles. The first-order chi connectivity index (χ1) is 10.6. The molecular formula is C17H22ClNO3S. The average molecular weight is 356 g/mol. The van der Waals surface area contributed by atoms with Crippen molar-refractivity contribution in [3.05, 3.63) is 29.8 Å². The van der Waals surface area contributed by atoms with Gasteiger partial charge in [-0.2, -0.15) is 4.31 Å². The van der Waals surface area contributed by atoms with Crippen molar-refractivity contribution in [3.63, 3.8) is 0 Å². The van der Waals surface area contributed by atoms with Crippen LogP contribution in [-0.2, 0) is 14.8 Å². The van der Waals surface area contributed by atoms with Crippen molar-refractivity contribution in [2.24, 2.45) is 10.8 Å². The van der Waals surface area contributed by atoms with Gasteiger partial charge in [-0.1, -0.05) is 31.5 Å². The fourth-order valence-corrected chi connectivity index (χ4v) is 6.14. The van der Waals surface area contributed by atoms with Crippen LogP contribution in [0.5, 0.6) is 0 Å². The highest BCUT2D eigenvalue weighted by molar-refractivity contribution is 7.89. The van der Waals surface area contributed by atoms with E-state index in [9.17, 15) is 13.2 Å².